The van der Waals surface area contributed by atoms with Crippen molar-refractivity contribution in [3.63, 3.8) is 0 Å². The number of hydrazone groups is 1. The summed E-state index contributed by atoms with van der Waals surface area (Å²) in [5.74, 6) is 0.301. The Bertz CT molecular complexity index is 988. The van der Waals surface area contributed by atoms with Crippen molar-refractivity contribution in [1.29, 1.82) is 0 Å². The summed E-state index contributed by atoms with van der Waals surface area (Å²) < 4.78 is 0. The van der Waals surface area contributed by atoms with Crippen molar-refractivity contribution in [2.24, 2.45) is 5.10 Å². The van der Waals surface area contributed by atoms with Crippen molar-refractivity contribution in [3.05, 3.63) is 65.9 Å². The molecule has 26 heavy (non-hydrogen) atoms. The fourth-order valence-corrected chi connectivity index (χ4v) is 3.71. The SMILES string of the molecule is Cc1nc2ccccc2nc1SCC(=O)N1CCC(c2ccccc2)=N1. The summed E-state index contributed by atoms with van der Waals surface area (Å²) in [6.07, 6.45) is 0.787. The van der Waals surface area contributed by atoms with Crippen LogP contribution in [0.5, 0.6) is 0 Å². The number of fused-ring (bicyclic) bond motifs is 1. The van der Waals surface area contributed by atoms with Gasteiger partial charge in [0.1, 0.15) is 5.03 Å². The smallest absolute Gasteiger partial charge is 0.253 e. The van der Waals surface area contributed by atoms with Crippen LogP contribution in [0.4, 0.5) is 0 Å². The zero-order valence-corrected chi connectivity index (χ0v) is 15.2. The minimum Gasteiger partial charge on any atom is -0.272 e. The van der Waals surface area contributed by atoms with Gasteiger partial charge in [-0.3, -0.25) is 4.79 Å². The topological polar surface area (TPSA) is 58.5 Å². The Kier molecular flexibility index (Phi) is 4.67. The Morgan fingerprint density at radius 3 is 2.50 bits per heavy atom. The Hall–Kier alpha value is -2.73. The molecule has 5 nitrogen and oxygen atoms in total. The maximum atomic E-state index is 12.5. The van der Waals surface area contributed by atoms with E-state index in [9.17, 15) is 4.79 Å². The normalized spacial score (nSPS) is 13.9. The second-order valence-electron chi connectivity index (χ2n) is 6.07. The number of para-hydroxylation sites is 2. The van der Waals surface area contributed by atoms with E-state index in [0.29, 0.717) is 12.3 Å². The summed E-state index contributed by atoms with van der Waals surface area (Å²) in [6, 6.07) is 17.8. The molecule has 0 bridgehead atoms. The van der Waals surface area contributed by atoms with Crippen LogP contribution < -0.4 is 0 Å². The molecule has 2 heterocycles. The number of benzene rings is 2. The van der Waals surface area contributed by atoms with Crippen LogP contribution in [0.1, 0.15) is 17.7 Å². The van der Waals surface area contributed by atoms with Crippen LogP contribution in [0.15, 0.2) is 64.7 Å². The van der Waals surface area contributed by atoms with E-state index < -0.39 is 0 Å². The van der Waals surface area contributed by atoms with Crippen molar-refractivity contribution >= 4 is 34.4 Å². The summed E-state index contributed by atoms with van der Waals surface area (Å²) in [5.41, 5.74) is 4.60. The number of hydrogen-bond donors (Lipinski definition) is 0. The van der Waals surface area contributed by atoms with E-state index in [4.69, 9.17) is 0 Å². The van der Waals surface area contributed by atoms with Crippen molar-refractivity contribution in [1.82, 2.24) is 15.0 Å². The van der Waals surface area contributed by atoms with Crippen LogP contribution in [-0.4, -0.2) is 38.9 Å². The van der Waals surface area contributed by atoms with E-state index in [1.807, 2.05) is 61.5 Å². The van der Waals surface area contributed by atoms with E-state index in [1.165, 1.54) is 11.8 Å². The van der Waals surface area contributed by atoms with Gasteiger partial charge in [-0.25, -0.2) is 15.0 Å². The maximum absolute atomic E-state index is 12.5. The molecule has 0 saturated carbocycles. The van der Waals surface area contributed by atoms with Gasteiger partial charge in [0.05, 0.1) is 34.7 Å². The van der Waals surface area contributed by atoms with Crippen molar-refractivity contribution in [2.75, 3.05) is 12.3 Å². The average Bonchev–Trinajstić information content (AvgIpc) is 3.17. The Morgan fingerprint density at radius 2 is 1.73 bits per heavy atom. The molecule has 0 radical (unpaired) electrons. The fourth-order valence-electron chi connectivity index (χ4n) is 2.88. The summed E-state index contributed by atoms with van der Waals surface area (Å²) in [6.45, 7) is 2.56. The monoisotopic (exact) mass is 362 g/mol. The molecule has 6 heteroatoms. The minimum absolute atomic E-state index is 0.00436. The predicted molar refractivity (Wildman–Crippen MR) is 104 cm³/mol. The summed E-state index contributed by atoms with van der Waals surface area (Å²) in [5, 5.41) is 6.86. The van der Waals surface area contributed by atoms with Crippen LogP contribution in [0.3, 0.4) is 0 Å². The number of hydrogen-bond acceptors (Lipinski definition) is 5. The molecule has 0 fully saturated rings. The van der Waals surface area contributed by atoms with Gasteiger partial charge in [0.15, 0.2) is 0 Å². The van der Waals surface area contributed by atoms with E-state index in [2.05, 4.69) is 15.1 Å². The summed E-state index contributed by atoms with van der Waals surface area (Å²) in [7, 11) is 0. The minimum atomic E-state index is -0.00436. The van der Waals surface area contributed by atoms with Gasteiger partial charge in [-0.1, -0.05) is 54.2 Å². The van der Waals surface area contributed by atoms with Gasteiger partial charge in [0, 0.05) is 6.42 Å². The maximum Gasteiger partial charge on any atom is 0.253 e. The lowest BCUT2D eigenvalue weighted by molar-refractivity contribution is -0.127. The highest BCUT2D eigenvalue weighted by molar-refractivity contribution is 7.99. The number of aromatic nitrogens is 2. The van der Waals surface area contributed by atoms with Crippen molar-refractivity contribution < 1.29 is 4.79 Å². The Balaban J connectivity index is 1.45. The third-order valence-corrected chi connectivity index (χ3v) is 5.28. The second-order valence-corrected chi connectivity index (χ2v) is 7.04. The molecule has 1 aromatic heterocycles. The van der Waals surface area contributed by atoms with Gasteiger partial charge >= 0.3 is 0 Å². The lowest BCUT2D eigenvalue weighted by atomic mass is 10.1. The zero-order chi connectivity index (χ0) is 17.9. The zero-order valence-electron chi connectivity index (χ0n) is 14.4. The number of aryl methyl sites for hydroxylation is 1. The van der Waals surface area contributed by atoms with Gasteiger partial charge in [-0.15, -0.1) is 0 Å². The lowest BCUT2D eigenvalue weighted by Crippen LogP contribution is -2.25. The highest BCUT2D eigenvalue weighted by atomic mass is 32.2. The number of amides is 1. The first-order chi connectivity index (χ1) is 12.7. The second kappa shape index (κ2) is 7.25. The molecule has 130 valence electrons. The van der Waals surface area contributed by atoms with Crippen LogP contribution in [0, 0.1) is 6.92 Å². The predicted octanol–water partition coefficient (Wildman–Crippen LogP) is 3.67. The lowest BCUT2D eigenvalue weighted by Gasteiger charge is -2.11. The molecule has 1 amide bonds. The standard InChI is InChI=1S/C20H18N4OS/c1-14-20(22-18-10-6-5-9-17(18)21-14)26-13-19(25)24-12-11-16(23-24)15-7-3-2-4-8-15/h2-10H,11-13H2,1H3. The summed E-state index contributed by atoms with van der Waals surface area (Å²) >= 11 is 1.42. The van der Waals surface area contributed by atoms with Crippen LogP contribution >= 0.6 is 11.8 Å². The van der Waals surface area contributed by atoms with E-state index in [-0.39, 0.29) is 5.91 Å². The molecule has 0 atom stereocenters. The molecule has 2 aromatic carbocycles. The molecule has 1 aliphatic rings. The molecular weight excluding hydrogens is 344 g/mol. The molecule has 0 N–H and O–H groups in total. The molecule has 0 spiro atoms. The summed E-state index contributed by atoms with van der Waals surface area (Å²) in [4.78, 5) is 21.7. The first kappa shape index (κ1) is 16.7. The number of thioether (sulfide) groups is 1. The van der Waals surface area contributed by atoms with Gasteiger partial charge < -0.3 is 0 Å². The first-order valence-electron chi connectivity index (χ1n) is 8.50. The quantitative estimate of drug-likeness (QED) is 0.665. The fraction of sp³-hybridized carbons (Fsp3) is 0.200. The van der Waals surface area contributed by atoms with Crippen LogP contribution in [0.25, 0.3) is 11.0 Å². The van der Waals surface area contributed by atoms with Crippen LogP contribution in [-0.2, 0) is 4.79 Å². The Labute approximate surface area is 156 Å². The van der Waals surface area contributed by atoms with Gasteiger partial charge in [-0.05, 0) is 24.6 Å². The van der Waals surface area contributed by atoms with Crippen LogP contribution in [0.2, 0.25) is 0 Å². The van der Waals surface area contributed by atoms with Crippen molar-refractivity contribution in [2.45, 2.75) is 18.4 Å². The van der Waals surface area contributed by atoms with E-state index in [0.717, 1.165) is 39.4 Å². The molecule has 1 aliphatic heterocycles. The molecule has 4 rings (SSSR count). The van der Waals surface area contributed by atoms with Crippen molar-refractivity contribution in [3.8, 4) is 0 Å². The first-order valence-corrected chi connectivity index (χ1v) is 9.49. The van der Waals surface area contributed by atoms with Gasteiger partial charge in [-0.2, -0.15) is 5.10 Å². The highest BCUT2D eigenvalue weighted by Gasteiger charge is 2.22. The van der Waals surface area contributed by atoms with E-state index in [1.54, 1.807) is 5.01 Å². The molecule has 3 aromatic rings. The van der Waals surface area contributed by atoms with E-state index >= 15 is 0 Å². The number of carbonyl (C=O) groups excluding carboxylic acids is 1. The highest BCUT2D eigenvalue weighted by Crippen LogP contribution is 2.23. The molecule has 0 unspecified atom stereocenters. The molecule has 0 saturated heterocycles. The third kappa shape index (κ3) is 3.46. The number of nitrogens with zero attached hydrogens (tertiary/aromatic N) is 4. The van der Waals surface area contributed by atoms with Gasteiger partial charge in [0.25, 0.3) is 5.91 Å². The Morgan fingerprint density at radius 1 is 1.04 bits per heavy atom. The van der Waals surface area contributed by atoms with Gasteiger partial charge in [0.2, 0.25) is 0 Å². The number of rotatable bonds is 4. The molecule has 0 aliphatic carbocycles. The number of carbonyl (C=O) groups is 1. The molecular formula is C20H18N4OS. The third-order valence-electron chi connectivity index (χ3n) is 4.23. The largest absolute Gasteiger partial charge is 0.272 e. The average molecular weight is 362 g/mol.